The molecule has 2 aromatic heterocycles. The summed E-state index contributed by atoms with van der Waals surface area (Å²) >= 11 is 0. The van der Waals surface area contributed by atoms with Gasteiger partial charge in [-0.25, -0.2) is 29.2 Å². The molecule has 0 unspecified atom stereocenters. The van der Waals surface area contributed by atoms with Crippen LogP contribution in [0.2, 0.25) is 0 Å². The summed E-state index contributed by atoms with van der Waals surface area (Å²) in [5.74, 6) is -0.264. The summed E-state index contributed by atoms with van der Waals surface area (Å²) in [6.45, 7) is 11.6. The van der Waals surface area contributed by atoms with Crippen molar-refractivity contribution in [3.8, 4) is 22.8 Å². The third kappa shape index (κ3) is 3.25. The molecular weight excluding hydrogens is 453 g/mol. The maximum atomic E-state index is 13.8. The average molecular weight is 476 g/mol. The first-order valence-electron chi connectivity index (χ1n) is 11.9. The number of nitrogens with zero attached hydrogens (tertiary/aromatic N) is 5. The molecule has 0 radical (unpaired) electrons. The van der Waals surface area contributed by atoms with Gasteiger partial charge in [0.05, 0.1) is 23.5 Å². The number of allylic oxidation sites excluding steroid dienone is 2. The third-order valence-electron chi connectivity index (χ3n) is 7.69. The standard InChI is InChI=1S/C29H22FN5O/c1-16-21-13-12-20-24(17-8-10-18(30)11-9-17)34-28(25-19-6-4-5-7-22(19)32-15-33-25)35-27(20)29(21,2)14-23(31-3)26(16)36/h4-11,14-16,21H,12-13H2,1-2H3/t16-,21-,29-/m1/s1. The van der Waals surface area contributed by atoms with Gasteiger partial charge in [-0.2, -0.15) is 0 Å². The van der Waals surface area contributed by atoms with Gasteiger partial charge in [0.2, 0.25) is 5.70 Å². The number of fused-ring (bicyclic) bond motifs is 4. The van der Waals surface area contributed by atoms with E-state index < -0.39 is 5.41 Å². The Morgan fingerprint density at radius 1 is 1.06 bits per heavy atom. The topological polar surface area (TPSA) is 73.0 Å². The zero-order valence-electron chi connectivity index (χ0n) is 19.9. The van der Waals surface area contributed by atoms with E-state index in [1.165, 1.54) is 18.5 Å². The first kappa shape index (κ1) is 22.2. The molecule has 6 nitrogen and oxygen atoms in total. The second kappa shape index (κ2) is 8.13. The maximum absolute atomic E-state index is 13.8. The van der Waals surface area contributed by atoms with E-state index in [0.717, 1.165) is 39.8 Å². The number of aromatic nitrogens is 4. The Hall–Kier alpha value is -4.31. The Bertz CT molecular complexity index is 1620. The Morgan fingerprint density at radius 3 is 2.61 bits per heavy atom. The van der Waals surface area contributed by atoms with Gasteiger partial charge in [0, 0.05) is 27.8 Å². The van der Waals surface area contributed by atoms with E-state index in [9.17, 15) is 9.18 Å². The number of ketones is 1. The van der Waals surface area contributed by atoms with Gasteiger partial charge in [0.1, 0.15) is 17.8 Å². The Labute approximate surface area is 207 Å². The number of halogens is 1. The molecule has 7 heteroatoms. The summed E-state index contributed by atoms with van der Waals surface area (Å²) < 4.78 is 13.8. The molecule has 0 fully saturated rings. The predicted octanol–water partition coefficient (Wildman–Crippen LogP) is 5.73. The highest BCUT2D eigenvalue weighted by molar-refractivity contribution is 6.00. The van der Waals surface area contributed by atoms with Crippen LogP contribution in [0.25, 0.3) is 38.5 Å². The summed E-state index contributed by atoms with van der Waals surface area (Å²) in [5.41, 5.74) is 4.18. The average Bonchev–Trinajstić information content (AvgIpc) is 2.90. The number of hydrogen-bond donors (Lipinski definition) is 0. The normalized spacial score (nSPS) is 22.9. The van der Waals surface area contributed by atoms with Crippen molar-refractivity contribution in [2.75, 3.05) is 0 Å². The largest absolute Gasteiger partial charge is 0.308 e. The number of carbonyl (C=O) groups is 1. The fourth-order valence-electron chi connectivity index (χ4n) is 5.88. The zero-order chi connectivity index (χ0) is 25.0. The molecular formula is C29H22FN5O. The highest BCUT2D eigenvalue weighted by Gasteiger charge is 2.49. The van der Waals surface area contributed by atoms with Crippen molar-refractivity contribution in [3.63, 3.8) is 0 Å². The van der Waals surface area contributed by atoms with E-state index in [0.29, 0.717) is 17.9 Å². The van der Waals surface area contributed by atoms with Crippen LogP contribution >= 0.6 is 0 Å². The molecule has 0 aliphatic heterocycles. The number of carbonyl (C=O) groups excluding carboxylic acids is 1. The van der Waals surface area contributed by atoms with Crippen LogP contribution in [0.1, 0.15) is 31.5 Å². The molecule has 36 heavy (non-hydrogen) atoms. The van der Waals surface area contributed by atoms with Gasteiger partial charge in [-0.05, 0) is 49.1 Å². The highest BCUT2D eigenvalue weighted by Crippen LogP contribution is 2.51. The lowest BCUT2D eigenvalue weighted by Gasteiger charge is -2.46. The first-order chi connectivity index (χ1) is 17.4. The number of hydrogen-bond acceptors (Lipinski definition) is 5. The number of para-hydroxylation sites is 1. The summed E-state index contributed by atoms with van der Waals surface area (Å²) in [7, 11) is 0. The van der Waals surface area contributed by atoms with Crippen LogP contribution in [0.3, 0.4) is 0 Å². The molecule has 0 saturated heterocycles. The van der Waals surface area contributed by atoms with Gasteiger partial charge < -0.3 is 4.79 Å². The molecule has 3 atom stereocenters. The van der Waals surface area contributed by atoms with Crippen LogP contribution < -0.4 is 0 Å². The molecule has 4 aromatic rings. The lowest BCUT2D eigenvalue weighted by molar-refractivity contribution is -0.121. The second-order valence-electron chi connectivity index (χ2n) is 9.69. The number of benzene rings is 2. The fourth-order valence-corrected chi connectivity index (χ4v) is 5.88. The highest BCUT2D eigenvalue weighted by atomic mass is 19.1. The summed E-state index contributed by atoms with van der Waals surface area (Å²) in [4.78, 5) is 35.4. The molecule has 0 N–H and O–H groups in total. The van der Waals surface area contributed by atoms with Crippen molar-refractivity contribution in [3.05, 3.63) is 95.1 Å². The van der Waals surface area contributed by atoms with Crippen molar-refractivity contribution < 1.29 is 9.18 Å². The van der Waals surface area contributed by atoms with Crippen LogP contribution in [0.4, 0.5) is 4.39 Å². The summed E-state index contributed by atoms with van der Waals surface area (Å²) in [6, 6.07) is 14.0. The van der Waals surface area contributed by atoms with E-state index in [1.807, 2.05) is 31.2 Å². The lowest BCUT2D eigenvalue weighted by Crippen LogP contribution is -2.46. The monoisotopic (exact) mass is 475 g/mol. The third-order valence-corrected chi connectivity index (χ3v) is 7.69. The van der Waals surface area contributed by atoms with E-state index in [1.54, 1.807) is 18.2 Å². The van der Waals surface area contributed by atoms with Crippen LogP contribution in [0.5, 0.6) is 0 Å². The molecule has 0 saturated carbocycles. The Morgan fingerprint density at radius 2 is 1.83 bits per heavy atom. The van der Waals surface area contributed by atoms with Crippen molar-refractivity contribution >= 4 is 16.7 Å². The van der Waals surface area contributed by atoms with Crippen molar-refractivity contribution in [2.45, 2.75) is 32.1 Å². The minimum Gasteiger partial charge on any atom is -0.308 e. The van der Waals surface area contributed by atoms with E-state index in [-0.39, 0.29) is 29.1 Å². The van der Waals surface area contributed by atoms with E-state index in [4.69, 9.17) is 16.5 Å². The quantitative estimate of drug-likeness (QED) is 0.346. The van der Waals surface area contributed by atoms with Gasteiger partial charge >= 0.3 is 0 Å². The van der Waals surface area contributed by atoms with Crippen LogP contribution in [-0.2, 0) is 16.6 Å². The summed E-state index contributed by atoms with van der Waals surface area (Å²) in [5, 5.41) is 0.826. The minimum atomic E-state index is -0.629. The lowest BCUT2D eigenvalue weighted by atomic mass is 9.58. The van der Waals surface area contributed by atoms with E-state index in [2.05, 4.69) is 21.7 Å². The van der Waals surface area contributed by atoms with Gasteiger partial charge in [-0.1, -0.05) is 38.1 Å². The number of Topliss-reactive ketones (excluding diaryl/α,β-unsaturated/α-hetero) is 1. The molecule has 0 spiro atoms. The van der Waals surface area contributed by atoms with Gasteiger partial charge in [0.25, 0.3) is 0 Å². The van der Waals surface area contributed by atoms with E-state index >= 15 is 0 Å². The summed E-state index contributed by atoms with van der Waals surface area (Å²) in [6.07, 6.45) is 4.76. The van der Waals surface area contributed by atoms with Crippen molar-refractivity contribution in [2.24, 2.45) is 11.8 Å². The SMILES string of the molecule is [C-]#[N+]C1=C[C@@]2(C)c3nc(-c4ncnc5ccccc45)nc(-c4ccc(F)cc4)c3CC[C@@H]2[C@@H](C)C1=O. The minimum absolute atomic E-state index is 0.00830. The molecule has 0 bridgehead atoms. The van der Waals surface area contributed by atoms with Gasteiger partial charge in [0.15, 0.2) is 11.6 Å². The zero-order valence-corrected chi connectivity index (χ0v) is 19.9. The Balaban J connectivity index is 1.68. The second-order valence-corrected chi connectivity index (χ2v) is 9.69. The predicted molar refractivity (Wildman–Crippen MR) is 134 cm³/mol. The van der Waals surface area contributed by atoms with Gasteiger partial charge in [-0.3, -0.25) is 0 Å². The molecule has 6 rings (SSSR count). The van der Waals surface area contributed by atoms with Crippen molar-refractivity contribution in [1.29, 1.82) is 0 Å². The molecule has 2 aliphatic carbocycles. The molecule has 2 aliphatic rings. The Kier molecular flexibility index (Phi) is 5.01. The maximum Gasteiger partial charge on any atom is 0.226 e. The first-order valence-corrected chi connectivity index (χ1v) is 11.9. The number of rotatable bonds is 2. The van der Waals surface area contributed by atoms with Crippen LogP contribution in [-0.4, -0.2) is 25.7 Å². The molecule has 2 heterocycles. The fraction of sp³-hybridized carbons (Fsp3) is 0.241. The van der Waals surface area contributed by atoms with Crippen LogP contribution in [0, 0.1) is 24.2 Å². The molecule has 0 amide bonds. The molecule has 2 aromatic carbocycles. The van der Waals surface area contributed by atoms with Gasteiger partial charge in [-0.15, -0.1) is 0 Å². The van der Waals surface area contributed by atoms with Crippen molar-refractivity contribution in [1.82, 2.24) is 19.9 Å². The van der Waals surface area contributed by atoms with Crippen LogP contribution in [0.15, 0.2) is 66.6 Å². The molecule has 176 valence electrons. The smallest absolute Gasteiger partial charge is 0.226 e.